The molecule has 1 aromatic carbocycles. The number of nitrogen functional groups attached to an aromatic ring is 1. The zero-order chi connectivity index (χ0) is 13.1. The van der Waals surface area contributed by atoms with Crippen LogP contribution in [0.2, 0.25) is 0 Å². The second-order valence-corrected chi connectivity index (χ2v) is 4.26. The summed E-state index contributed by atoms with van der Waals surface area (Å²) in [6.45, 7) is 0. The lowest BCUT2D eigenvalue weighted by Gasteiger charge is -2.07. The number of hydrogen-bond donors (Lipinski definition) is 1. The summed E-state index contributed by atoms with van der Waals surface area (Å²) in [7, 11) is 1.90. The second-order valence-electron chi connectivity index (χ2n) is 4.26. The number of pyridine rings is 1. The van der Waals surface area contributed by atoms with E-state index < -0.39 is 11.6 Å². The highest BCUT2D eigenvalue weighted by Gasteiger charge is 2.09. The molecular weight excluding hydrogens is 233 g/mol. The van der Waals surface area contributed by atoms with Gasteiger partial charge in [0.2, 0.25) is 0 Å². The van der Waals surface area contributed by atoms with Crippen molar-refractivity contribution >= 4 is 19.1 Å². The predicted molar refractivity (Wildman–Crippen MR) is 70.6 cm³/mol. The van der Waals surface area contributed by atoms with Crippen molar-refractivity contribution in [2.45, 2.75) is 12.8 Å². The number of aryl methyl sites for hydroxylation is 1. The van der Waals surface area contributed by atoms with Crippen molar-refractivity contribution in [2.24, 2.45) is 0 Å². The van der Waals surface area contributed by atoms with Crippen LogP contribution < -0.4 is 11.2 Å². The van der Waals surface area contributed by atoms with Crippen LogP contribution in [0.4, 0.5) is 14.6 Å². The molecule has 1 heterocycles. The molecule has 2 nitrogen and oxygen atoms in total. The van der Waals surface area contributed by atoms with E-state index in [1.807, 2.05) is 13.9 Å². The summed E-state index contributed by atoms with van der Waals surface area (Å²) in [5, 5.41) is 0. The van der Waals surface area contributed by atoms with Crippen LogP contribution in [-0.2, 0) is 12.8 Å². The topological polar surface area (TPSA) is 38.9 Å². The zero-order valence-electron chi connectivity index (χ0n) is 10.1. The molecule has 2 rings (SSSR count). The maximum absolute atomic E-state index is 13.4. The normalized spacial score (nSPS) is 10.6. The molecule has 1 aromatic heterocycles. The minimum atomic E-state index is -0.519. The van der Waals surface area contributed by atoms with E-state index in [9.17, 15) is 8.78 Å². The Labute approximate surface area is 105 Å². The SMILES string of the molecule is Bc1cnc(N)c(CCc2c(F)cccc2F)c1. The second kappa shape index (κ2) is 5.17. The maximum atomic E-state index is 13.4. The summed E-state index contributed by atoms with van der Waals surface area (Å²) in [4.78, 5) is 4.03. The quantitative estimate of drug-likeness (QED) is 0.820. The molecule has 0 spiro atoms. The van der Waals surface area contributed by atoms with Crippen LogP contribution in [-0.4, -0.2) is 12.8 Å². The lowest BCUT2D eigenvalue weighted by atomic mass is 9.95. The Bertz CT molecular complexity index is 553. The van der Waals surface area contributed by atoms with E-state index in [-0.39, 0.29) is 12.0 Å². The Morgan fingerprint density at radius 1 is 1.17 bits per heavy atom. The van der Waals surface area contributed by atoms with Gasteiger partial charge in [0, 0.05) is 11.8 Å². The van der Waals surface area contributed by atoms with E-state index in [4.69, 9.17) is 5.73 Å². The van der Waals surface area contributed by atoms with Gasteiger partial charge >= 0.3 is 0 Å². The van der Waals surface area contributed by atoms with Crippen LogP contribution in [0.15, 0.2) is 30.5 Å². The van der Waals surface area contributed by atoms with Crippen LogP contribution in [0.25, 0.3) is 0 Å². The van der Waals surface area contributed by atoms with E-state index in [1.54, 1.807) is 6.20 Å². The lowest BCUT2D eigenvalue weighted by molar-refractivity contribution is 0.554. The average molecular weight is 246 g/mol. The Kier molecular flexibility index (Phi) is 3.60. The van der Waals surface area contributed by atoms with Crippen molar-refractivity contribution < 1.29 is 8.78 Å². The molecule has 0 saturated heterocycles. The summed E-state index contributed by atoms with van der Waals surface area (Å²) >= 11 is 0. The molecule has 0 atom stereocenters. The molecule has 0 saturated carbocycles. The van der Waals surface area contributed by atoms with Gasteiger partial charge in [-0.15, -0.1) is 0 Å². The van der Waals surface area contributed by atoms with E-state index >= 15 is 0 Å². The number of hydrogen-bond acceptors (Lipinski definition) is 2. The van der Waals surface area contributed by atoms with Gasteiger partial charge in [-0.25, -0.2) is 13.8 Å². The molecular formula is C13H13BF2N2. The molecule has 92 valence electrons. The van der Waals surface area contributed by atoms with Crippen molar-refractivity contribution in [3.63, 3.8) is 0 Å². The number of anilines is 1. The Morgan fingerprint density at radius 3 is 2.50 bits per heavy atom. The Morgan fingerprint density at radius 2 is 1.83 bits per heavy atom. The average Bonchev–Trinajstić information content (AvgIpc) is 2.33. The largest absolute Gasteiger partial charge is 0.383 e. The van der Waals surface area contributed by atoms with Gasteiger partial charge in [0.25, 0.3) is 0 Å². The van der Waals surface area contributed by atoms with E-state index in [1.165, 1.54) is 18.2 Å². The fourth-order valence-corrected chi connectivity index (χ4v) is 1.87. The summed E-state index contributed by atoms with van der Waals surface area (Å²) < 4.78 is 26.9. The minimum absolute atomic E-state index is 0.0957. The van der Waals surface area contributed by atoms with E-state index in [0.29, 0.717) is 12.2 Å². The summed E-state index contributed by atoms with van der Waals surface area (Å²) in [6.07, 6.45) is 2.41. The molecule has 0 bridgehead atoms. The standard InChI is InChI=1S/C13H13BF2N2/c14-9-6-8(13(17)18-7-9)4-5-10-11(15)2-1-3-12(10)16/h1-3,6-7H,4-5,14H2,(H2,17,18). The first kappa shape index (κ1) is 12.5. The van der Waals surface area contributed by atoms with Crippen LogP contribution in [0.5, 0.6) is 0 Å². The van der Waals surface area contributed by atoms with Crippen LogP contribution in [0.3, 0.4) is 0 Å². The van der Waals surface area contributed by atoms with Gasteiger partial charge in [-0.05, 0) is 30.5 Å². The van der Waals surface area contributed by atoms with Gasteiger partial charge in [0.1, 0.15) is 25.3 Å². The molecule has 2 aromatic rings. The molecule has 2 N–H and O–H groups in total. The van der Waals surface area contributed by atoms with Crippen LogP contribution in [0, 0.1) is 11.6 Å². The number of halogens is 2. The smallest absolute Gasteiger partial charge is 0.141 e. The highest BCUT2D eigenvalue weighted by Crippen LogP contribution is 2.16. The predicted octanol–water partition coefficient (Wildman–Crippen LogP) is 0.986. The number of benzene rings is 1. The molecule has 0 aliphatic carbocycles. The fourth-order valence-electron chi connectivity index (χ4n) is 1.87. The molecule has 0 aliphatic heterocycles. The van der Waals surface area contributed by atoms with E-state index in [2.05, 4.69) is 4.98 Å². The van der Waals surface area contributed by atoms with Crippen LogP contribution >= 0.6 is 0 Å². The van der Waals surface area contributed by atoms with Crippen molar-refractivity contribution in [1.82, 2.24) is 4.98 Å². The van der Waals surface area contributed by atoms with Gasteiger partial charge in [0.15, 0.2) is 0 Å². The molecule has 0 amide bonds. The number of nitrogens with zero attached hydrogens (tertiary/aromatic N) is 1. The number of rotatable bonds is 3. The van der Waals surface area contributed by atoms with E-state index in [0.717, 1.165) is 11.0 Å². The molecule has 0 unspecified atom stereocenters. The first-order valence-electron chi connectivity index (χ1n) is 5.72. The molecule has 18 heavy (non-hydrogen) atoms. The highest BCUT2D eigenvalue weighted by atomic mass is 19.1. The van der Waals surface area contributed by atoms with Gasteiger partial charge in [-0.2, -0.15) is 0 Å². The molecule has 5 heteroatoms. The number of aromatic nitrogens is 1. The van der Waals surface area contributed by atoms with Crippen molar-refractivity contribution in [1.29, 1.82) is 0 Å². The molecule has 0 fully saturated rings. The van der Waals surface area contributed by atoms with Crippen LogP contribution in [0.1, 0.15) is 11.1 Å². The zero-order valence-corrected chi connectivity index (χ0v) is 10.1. The summed E-state index contributed by atoms with van der Waals surface area (Å²) in [5.41, 5.74) is 7.62. The van der Waals surface area contributed by atoms with Gasteiger partial charge in [-0.3, -0.25) is 0 Å². The third kappa shape index (κ3) is 2.67. The Balaban J connectivity index is 2.19. The third-order valence-corrected chi connectivity index (χ3v) is 2.84. The molecule has 0 aliphatic rings. The van der Waals surface area contributed by atoms with Crippen molar-refractivity contribution in [3.05, 3.63) is 53.2 Å². The highest BCUT2D eigenvalue weighted by molar-refractivity contribution is 6.32. The van der Waals surface area contributed by atoms with Gasteiger partial charge in [0.05, 0.1) is 0 Å². The van der Waals surface area contributed by atoms with Gasteiger partial charge < -0.3 is 5.73 Å². The number of nitrogens with two attached hydrogens (primary N) is 1. The minimum Gasteiger partial charge on any atom is -0.383 e. The van der Waals surface area contributed by atoms with Crippen molar-refractivity contribution in [2.75, 3.05) is 5.73 Å². The molecule has 0 radical (unpaired) electrons. The maximum Gasteiger partial charge on any atom is 0.141 e. The lowest BCUT2D eigenvalue weighted by Crippen LogP contribution is -2.10. The third-order valence-electron chi connectivity index (χ3n) is 2.84. The first-order chi connectivity index (χ1) is 8.58. The monoisotopic (exact) mass is 246 g/mol. The first-order valence-corrected chi connectivity index (χ1v) is 5.72. The Hall–Kier alpha value is -1.91. The van der Waals surface area contributed by atoms with Gasteiger partial charge in [-0.1, -0.05) is 17.6 Å². The van der Waals surface area contributed by atoms with Crippen molar-refractivity contribution in [3.8, 4) is 0 Å². The fraction of sp³-hybridized carbons (Fsp3) is 0.154. The summed E-state index contributed by atoms with van der Waals surface area (Å²) in [5.74, 6) is -0.624. The summed E-state index contributed by atoms with van der Waals surface area (Å²) in [6, 6.07) is 5.77.